The van der Waals surface area contributed by atoms with E-state index in [1.54, 1.807) is 0 Å². The topological polar surface area (TPSA) is 225 Å². The van der Waals surface area contributed by atoms with Crippen LogP contribution in [0.15, 0.2) is 0 Å². The number of aliphatic carboxylic acids is 3. The van der Waals surface area contributed by atoms with Crippen molar-refractivity contribution in [2.75, 3.05) is 6.54 Å². The third kappa shape index (κ3) is 8.93. The molecule has 8 N–H and O–H groups in total. The minimum atomic E-state index is -1.73. The molecule has 0 saturated heterocycles. The zero-order chi connectivity index (χ0) is 22.0. The second-order valence-electron chi connectivity index (χ2n) is 6.15. The molecule has 0 heterocycles. The molecule has 13 nitrogen and oxygen atoms in total. The van der Waals surface area contributed by atoms with Gasteiger partial charge < -0.3 is 37.0 Å². The van der Waals surface area contributed by atoms with Gasteiger partial charge in [0.25, 0.3) is 0 Å². The summed E-state index contributed by atoms with van der Waals surface area (Å²) in [7, 11) is 0. The maximum absolute atomic E-state index is 12.3. The molecule has 13 heteroatoms. The van der Waals surface area contributed by atoms with E-state index in [0.717, 1.165) is 0 Å². The van der Waals surface area contributed by atoms with E-state index < -0.39 is 79.1 Å². The molecule has 3 atom stereocenters. The zero-order valence-electron chi connectivity index (χ0n) is 15.3. The first-order valence-electron chi connectivity index (χ1n) is 8.15. The van der Waals surface area contributed by atoms with Crippen molar-refractivity contribution in [3.8, 4) is 0 Å². The summed E-state index contributed by atoms with van der Waals surface area (Å²) in [4.78, 5) is 68.7. The van der Waals surface area contributed by atoms with Gasteiger partial charge in [-0.2, -0.15) is 0 Å². The first kappa shape index (κ1) is 24.8. The normalized spacial score (nSPS) is 13.7. The van der Waals surface area contributed by atoms with Crippen molar-refractivity contribution in [1.29, 1.82) is 0 Å². The number of hydrogen-bond acceptors (Lipinski definition) is 7. The molecule has 3 amide bonds. The highest BCUT2D eigenvalue weighted by Crippen LogP contribution is 2.05. The highest BCUT2D eigenvalue weighted by atomic mass is 16.4. The summed E-state index contributed by atoms with van der Waals surface area (Å²) >= 11 is 0. The molecule has 0 spiro atoms. The van der Waals surface area contributed by atoms with Gasteiger partial charge in [-0.3, -0.25) is 24.0 Å². The van der Waals surface area contributed by atoms with Crippen LogP contribution in [-0.2, 0) is 28.8 Å². The Morgan fingerprint density at radius 3 is 1.68 bits per heavy atom. The van der Waals surface area contributed by atoms with Crippen LogP contribution < -0.4 is 21.7 Å². The number of carbonyl (C=O) groups excluding carboxylic acids is 3. The van der Waals surface area contributed by atoms with E-state index in [1.807, 2.05) is 5.32 Å². The fraction of sp³-hybridized carbons (Fsp3) is 0.600. The summed E-state index contributed by atoms with van der Waals surface area (Å²) in [6.45, 7) is 2.54. The molecule has 0 aromatic carbocycles. The molecule has 158 valence electrons. The summed E-state index contributed by atoms with van der Waals surface area (Å²) in [5.74, 6) is -7.76. The first-order valence-corrected chi connectivity index (χ1v) is 8.15. The molecule has 0 aliphatic carbocycles. The van der Waals surface area contributed by atoms with Gasteiger partial charge >= 0.3 is 17.9 Å². The molecule has 0 bridgehead atoms. The van der Waals surface area contributed by atoms with E-state index in [0.29, 0.717) is 0 Å². The number of nitrogens with one attached hydrogen (secondary N) is 3. The van der Waals surface area contributed by atoms with Gasteiger partial charge in [0.2, 0.25) is 17.7 Å². The Bertz CT molecular complexity index is 635. The lowest BCUT2D eigenvalue weighted by molar-refractivity contribution is -0.147. The van der Waals surface area contributed by atoms with Gasteiger partial charge in [0.05, 0.1) is 19.4 Å². The van der Waals surface area contributed by atoms with Crippen molar-refractivity contribution in [3.05, 3.63) is 0 Å². The van der Waals surface area contributed by atoms with Gasteiger partial charge in [-0.05, 0) is 5.92 Å². The number of nitrogens with two attached hydrogens (primary N) is 1. The Balaban J connectivity index is 5.33. The Labute approximate surface area is 159 Å². The quantitative estimate of drug-likeness (QED) is 0.175. The maximum atomic E-state index is 12.3. The molecule has 0 aromatic heterocycles. The SMILES string of the molecule is CC(C)C(NC(=O)C(CC(=O)O)NC(=O)CN)C(=O)NC(CC(=O)O)C(=O)O. The Morgan fingerprint density at radius 1 is 0.786 bits per heavy atom. The fourth-order valence-electron chi connectivity index (χ4n) is 2.06. The average Bonchev–Trinajstić information content (AvgIpc) is 2.56. The Hall–Kier alpha value is -3.22. The Morgan fingerprint density at radius 2 is 1.29 bits per heavy atom. The molecule has 0 aliphatic rings. The minimum absolute atomic E-state index is 0.493. The van der Waals surface area contributed by atoms with E-state index >= 15 is 0 Å². The summed E-state index contributed by atoms with van der Waals surface area (Å²) in [6, 6.07) is -4.55. The maximum Gasteiger partial charge on any atom is 0.326 e. The summed E-state index contributed by atoms with van der Waals surface area (Å²) < 4.78 is 0. The van der Waals surface area contributed by atoms with Crippen molar-refractivity contribution in [3.63, 3.8) is 0 Å². The van der Waals surface area contributed by atoms with Gasteiger partial charge in [0, 0.05) is 0 Å². The van der Waals surface area contributed by atoms with Gasteiger partial charge in [0.15, 0.2) is 0 Å². The molecule has 28 heavy (non-hydrogen) atoms. The molecule has 0 rings (SSSR count). The van der Waals surface area contributed by atoms with Crippen molar-refractivity contribution in [2.45, 2.75) is 44.8 Å². The van der Waals surface area contributed by atoms with Crippen molar-refractivity contribution >= 4 is 35.6 Å². The summed E-state index contributed by atoms with van der Waals surface area (Å²) in [5, 5.41) is 32.9. The molecular weight excluding hydrogens is 380 g/mol. The largest absolute Gasteiger partial charge is 0.481 e. The van der Waals surface area contributed by atoms with Crippen molar-refractivity contribution in [1.82, 2.24) is 16.0 Å². The molecular formula is C15H24N4O9. The van der Waals surface area contributed by atoms with E-state index in [1.165, 1.54) is 13.8 Å². The van der Waals surface area contributed by atoms with Gasteiger partial charge in [-0.1, -0.05) is 13.8 Å². The van der Waals surface area contributed by atoms with Gasteiger partial charge in [0.1, 0.15) is 18.1 Å². The second-order valence-corrected chi connectivity index (χ2v) is 6.15. The van der Waals surface area contributed by atoms with E-state index in [2.05, 4.69) is 10.6 Å². The van der Waals surface area contributed by atoms with Gasteiger partial charge in [-0.15, -0.1) is 0 Å². The van der Waals surface area contributed by atoms with Crippen LogP contribution in [0.1, 0.15) is 26.7 Å². The number of rotatable bonds is 12. The first-order chi connectivity index (χ1) is 12.9. The lowest BCUT2D eigenvalue weighted by atomic mass is 10.0. The lowest BCUT2D eigenvalue weighted by Gasteiger charge is -2.25. The summed E-state index contributed by atoms with van der Waals surface area (Å²) in [5.41, 5.74) is 5.11. The fourth-order valence-corrected chi connectivity index (χ4v) is 2.06. The molecule has 0 radical (unpaired) electrons. The van der Waals surface area contributed by atoms with E-state index in [-0.39, 0.29) is 0 Å². The second kappa shape index (κ2) is 11.5. The van der Waals surface area contributed by atoms with Crippen LogP contribution in [0.25, 0.3) is 0 Å². The molecule has 0 saturated carbocycles. The van der Waals surface area contributed by atoms with E-state index in [9.17, 15) is 28.8 Å². The number of carboxylic acid groups (broad SMARTS) is 3. The van der Waals surface area contributed by atoms with Crippen LogP contribution in [0.2, 0.25) is 0 Å². The molecule has 0 fully saturated rings. The zero-order valence-corrected chi connectivity index (χ0v) is 15.3. The highest BCUT2D eigenvalue weighted by molar-refractivity contribution is 5.95. The highest BCUT2D eigenvalue weighted by Gasteiger charge is 2.32. The molecule has 0 aliphatic heterocycles. The number of carbonyl (C=O) groups is 6. The monoisotopic (exact) mass is 404 g/mol. The minimum Gasteiger partial charge on any atom is -0.481 e. The molecule has 0 aromatic rings. The number of hydrogen-bond donors (Lipinski definition) is 7. The van der Waals surface area contributed by atoms with Crippen LogP contribution in [0.4, 0.5) is 0 Å². The van der Waals surface area contributed by atoms with Crippen LogP contribution in [0.3, 0.4) is 0 Å². The Kier molecular flexibility index (Phi) is 10.2. The standard InChI is InChI=1S/C15H24N4O9/c1-6(2)12(14(26)18-8(15(27)28)4-11(23)24)19-13(25)7(3-10(21)22)17-9(20)5-16/h6-8,12H,3-5,16H2,1-2H3,(H,17,20)(H,18,26)(H,19,25)(H,21,22)(H,23,24)(H,27,28). The van der Waals surface area contributed by atoms with Crippen LogP contribution >= 0.6 is 0 Å². The van der Waals surface area contributed by atoms with Crippen LogP contribution in [0.5, 0.6) is 0 Å². The smallest absolute Gasteiger partial charge is 0.326 e. The predicted octanol–water partition coefficient (Wildman–Crippen LogP) is -2.91. The van der Waals surface area contributed by atoms with Crippen LogP contribution in [-0.4, -0.2) is 75.6 Å². The van der Waals surface area contributed by atoms with Crippen molar-refractivity contribution < 1.29 is 44.1 Å². The van der Waals surface area contributed by atoms with Crippen molar-refractivity contribution in [2.24, 2.45) is 11.7 Å². The lowest BCUT2D eigenvalue weighted by Crippen LogP contribution is -2.58. The van der Waals surface area contributed by atoms with E-state index in [4.69, 9.17) is 21.1 Å². The third-order valence-electron chi connectivity index (χ3n) is 3.46. The average molecular weight is 404 g/mol. The molecule has 3 unspecified atom stereocenters. The number of amides is 3. The predicted molar refractivity (Wildman–Crippen MR) is 91.8 cm³/mol. The van der Waals surface area contributed by atoms with Crippen LogP contribution in [0, 0.1) is 5.92 Å². The van der Waals surface area contributed by atoms with Gasteiger partial charge in [-0.25, -0.2) is 4.79 Å². The third-order valence-corrected chi connectivity index (χ3v) is 3.46. The number of carboxylic acids is 3. The summed E-state index contributed by atoms with van der Waals surface area (Å²) in [6.07, 6.45) is -1.66.